The van der Waals surface area contributed by atoms with Crippen molar-refractivity contribution in [1.82, 2.24) is 29.0 Å². The smallest absolute Gasteiger partial charge is 0.251 e. The molecule has 1 aromatic carbocycles. The predicted octanol–water partition coefficient (Wildman–Crippen LogP) is 0.214. The van der Waals surface area contributed by atoms with Crippen LogP contribution in [-0.4, -0.2) is 63.5 Å². The van der Waals surface area contributed by atoms with Gasteiger partial charge in [0.25, 0.3) is 5.56 Å². The third-order valence-electron chi connectivity index (χ3n) is 4.89. The van der Waals surface area contributed by atoms with E-state index >= 15 is 0 Å². The number of sulfonamides is 1. The van der Waals surface area contributed by atoms with Gasteiger partial charge >= 0.3 is 0 Å². The van der Waals surface area contributed by atoms with E-state index in [2.05, 4.69) is 20.7 Å². The Bertz CT molecular complexity index is 1300. The number of rotatable bonds is 10. The molecule has 2 N–H and O–H groups in total. The summed E-state index contributed by atoms with van der Waals surface area (Å²) in [5, 5.41) is 9.08. The molecular weight excluding hydrogens is 462 g/mol. The number of carbonyl (C=O) groups excluding carboxylic acids is 2. The van der Waals surface area contributed by atoms with Gasteiger partial charge in [-0.15, -0.1) is 0 Å². The number of hydrogen-bond acceptors (Lipinski definition) is 7. The van der Waals surface area contributed by atoms with E-state index in [1.54, 1.807) is 49.1 Å². The number of amides is 2. The van der Waals surface area contributed by atoms with Crippen molar-refractivity contribution in [1.29, 1.82) is 0 Å². The van der Waals surface area contributed by atoms with Crippen LogP contribution in [0.2, 0.25) is 0 Å². The number of pyridine rings is 1. The summed E-state index contributed by atoms with van der Waals surface area (Å²) >= 11 is 0. The van der Waals surface area contributed by atoms with Gasteiger partial charge in [-0.2, -0.15) is 9.40 Å². The highest BCUT2D eigenvalue weighted by atomic mass is 32.2. The topological polar surface area (TPSA) is 148 Å². The lowest BCUT2D eigenvalue weighted by Gasteiger charge is -2.19. The van der Waals surface area contributed by atoms with Crippen molar-refractivity contribution in [2.75, 3.05) is 25.0 Å². The minimum absolute atomic E-state index is 0.0873. The van der Waals surface area contributed by atoms with Gasteiger partial charge < -0.3 is 15.2 Å². The van der Waals surface area contributed by atoms with Gasteiger partial charge in [-0.3, -0.25) is 14.4 Å². The second kappa shape index (κ2) is 10.9. The van der Waals surface area contributed by atoms with Gasteiger partial charge in [0.05, 0.1) is 17.1 Å². The number of nitrogens with one attached hydrogen (secondary N) is 2. The molecule has 180 valence electrons. The van der Waals surface area contributed by atoms with Gasteiger partial charge in [0.1, 0.15) is 19.2 Å². The van der Waals surface area contributed by atoms with Crippen molar-refractivity contribution in [3.8, 4) is 5.69 Å². The first kappa shape index (κ1) is 24.8. The fourth-order valence-electron chi connectivity index (χ4n) is 3.13. The summed E-state index contributed by atoms with van der Waals surface area (Å²) in [6.45, 7) is 3.21. The highest BCUT2D eigenvalue weighted by Gasteiger charge is 2.22. The molecule has 13 heteroatoms. The maximum absolute atomic E-state index is 12.7. The van der Waals surface area contributed by atoms with Crippen LogP contribution in [-0.2, 0) is 26.2 Å². The van der Waals surface area contributed by atoms with Crippen LogP contribution in [0.25, 0.3) is 5.69 Å². The fourth-order valence-corrected chi connectivity index (χ4v) is 4.61. The number of hydrogen-bond donors (Lipinski definition) is 2. The highest BCUT2D eigenvalue weighted by Crippen LogP contribution is 2.14. The Hall–Kier alpha value is -3.84. The van der Waals surface area contributed by atoms with Crippen LogP contribution in [0.4, 0.5) is 5.69 Å². The highest BCUT2D eigenvalue weighted by molar-refractivity contribution is 7.89. The van der Waals surface area contributed by atoms with E-state index in [4.69, 9.17) is 0 Å². The molecule has 0 bridgehead atoms. The van der Waals surface area contributed by atoms with Crippen molar-refractivity contribution in [3.05, 3.63) is 65.6 Å². The van der Waals surface area contributed by atoms with E-state index in [0.717, 1.165) is 22.5 Å². The Labute approximate surface area is 196 Å². The van der Waals surface area contributed by atoms with Crippen molar-refractivity contribution < 1.29 is 18.0 Å². The van der Waals surface area contributed by atoms with E-state index in [-0.39, 0.29) is 24.5 Å². The molecule has 0 saturated heterocycles. The predicted molar refractivity (Wildman–Crippen MR) is 124 cm³/mol. The molecular formula is C21H25N7O5S. The van der Waals surface area contributed by atoms with E-state index in [1.807, 2.05) is 0 Å². The second-order valence-corrected chi connectivity index (χ2v) is 9.07. The molecule has 3 rings (SSSR count). The van der Waals surface area contributed by atoms with E-state index in [9.17, 15) is 22.8 Å². The van der Waals surface area contributed by atoms with Crippen LogP contribution in [0.1, 0.15) is 13.8 Å². The molecule has 2 heterocycles. The molecule has 0 fully saturated rings. The fraction of sp³-hybridized carbons (Fsp3) is 0.286. The average Bonchev–Trinajstić information content (AvgIpc) is 3.35. The van der Waals surface area contributed by atoms with Crippen molar-refractivity contribution in [3.63, 3.8) is 0 Å². The molecule has 2 amide bonds. The summed E-state index contributed by atoms with van der Waals surface area (Å²) in [5.41, 5.74) is 0.749. The summed E-state index contributed by atoms with van der Waals surface area (Å²) in [5.74, 6) is -1.08. The SMILES string of the molecule is CCN(CC)S(=O)(=O)c1ccc(=O)n(CC(=O)NCC(=O)Nc2ccc(-n3cncn3)cc2)c1. The molecule has 0 atom stereocenters. The summed E-state index contributed by atoms with van der Waals surface area (Å²) < 4.78 is 29.1. The van der Waals surface area contributed by atoms with E-state index in [1.165, 1.54) is 16.7 Å². The van der Waals surface area contributed by atoms with Gasteiger partial charge in [-0.05, 0) is 30.3 Å². The van der Waals surface area contributed by atoms with E-state index < -0.39 is 33.9 Å². The minimum Gasteiger partial charge on any atom is -0.345 e. The van der Waals surface area contributed by atoms with Gasteiger partial charge in [0.2, 0.25) is 21.8 Å². The first-order valence-corrected chi connectivity index (χ1v) is 11.9. The molecule has 0 aliphatic rings. The number of nitrogens with zero attached hydrogens (tertiary/aromatic N) is 5. The van der Waals surface area contributed by atoms with Crippen molar-refractivity contribution >= 4 is 27.5 Å². The molecule has 12 nitrogen and oxygen atoms in total. The maximum Gasteiger partial charge on any atom is 0.251 e. The van der Waals surface area contributed by atoms with Gasteiger partial charge in [0, 0.05) is 31.0 Å². The summed E-state index contributed by atoms with van der Waals surface area (Å²) in [7, 11) is -3.79. The molecule has 0 aliphatic heterocycles. The molecule has 34 heavy (non-hydrogen) atoms. The zero-order valence-corrected chi connectivity index (χ0v) is 19.5. The first-order chi connectivity index (χ1) is 16.2. The minimum atomic E-state index is -3.79. The molecule has 3 aromatic rings. The third-order valence-corrected chi connectivity index (χ3v) is 6.93. The second-order valence-electron chi connectivity index (χ2n) is 7.13. The van der Waals surface area contributed by atoms with Crippen LogP contribution < -0.4 is 16.2 Å². The van der Waals surface area contributed by atoms with Crippen LogP contribution in [0, 0.1) is 0 Å². The quantitative estimate of drug-likeness (QED) is 0.415. The lowest BCUT2D eigenvalue weighted by atomic mass is 10.3. The summed E-state index contributed by atoms with van der Waals surface area (Å²) in [6.07, 6.45) is 4.09. The zero-order chi connectivity index (χ0) is 24.7. The number of benzene rings is 1. The summed E-state index contributed by atoms with van der Waals surface area (Å²) in [4.78, 5) is 40.3. The largest absolute Gasteiger partial charge is 0.345 e. The normalized spacial score (nSPS) is 11.4. The van der Waals surface area contributed by atoms with Crippen LogP contribution in [0.15, 0.2) is 64.9 Å². The number of anilines is 1. The Kier molecular flexibility index (Phi) is 7.91. The van der Waals surface area contributed by atoms with Crippen LogP contribution in [0.3, 0.4) is 0 Å². The van der Waals surface area contributed by atoms with Gasteiger partial charge in [-0.25, -0.2) is 18.1 Å². The Morgan fingerprint density at radius 1 is 1.03 bits per heavy atom. The van der Waals surface area contributed by atoms with Crippen molar-refractivity contribution in [2.45, 2.75) is 25.3 Å². The Morgan fingerprint density at radius 2 is 1.74 bits per heavy atom. The lowest BCUT2D eigenvalue weighted by Crippen LogP contribution is -2.37. The average molecular weight is 488 g/mol. The van der Waals surface area contributed by atoms with E-state index in [0.29, 0.717) is 5.69 Å². The van der Waals surface area contributed by atoms with Crippen LogP contribution >= 0.6 is 0 Å². The molecule has 0 aliphatic carbocycles. The number of aromatic nitrogens is 4. The van der Waals surface area contributed by atoms with Crippen LogP contribution in [0.5, 0.6) is 0 Å². The maximum atomic E-state index is 12.7. The van der Waals surface area contributed by atoms with Gasteiger partial charge in [0.15, 0.2) is 0 Å². The zero-order valence-electron chi connectivity index (χ0n) is 18.7. The number of carbonyl (C=O) groups is 2. The summed E-state index contributed by atoms with van der Waals surface area (Å²) in [6, 6.07) is 9.16. The molecule has 2 aromatic heterocycles. The molecule has 0 unspecified atom stereocenters. The monoisotopic (exact) mass is 487 g/mol. The van der Waals surface area contributed by atoms with Gasteiger partial charge in [-0.1, -0.05) is 13.8 Å². The third kappa shape index (κ3) is 5.94. The lowest BCUT2D eigenvalue weighted by molar-refractivity contribution is -0.124. The molecule has 0 radical (unpaired) electrons. The standard InChI is InChI=1S/C21H25N7O5S/c1-3-27(4-2)34(32,33)18-9-10-21(31)26(12-18)13-20(30)23-11-19(29)25-16-5-7-17(8-6-16)28-15-22-14-24-28/h5-10,12,14-15H,3-4,11,13H2,1-2H3,(H,23,30)(H,25,29). The first-order valence-electron chi connectivity index (χ1n) is 10.5. The Morgan fingerprint density at radius 3 is 2.35 bits per heavy atom. The Balaban J connectivity index is 1.57. The molecule has 0 saturated carbocycles. The van der Waals surface area contributed by atoms with Crippen molar-refractivity contribution in [2.24, 2.45) is 0 Å². The molecule has 0 spiro atoms.